The molecule has 6 nitrogen and oxygen atoms in total. The molecule has 0 saturated heterocycles. The number of rotatable bonds is 14. The van der Waals surface area contributed by atoms with Gasteiger partial charge < -0.3 is 20.7 Å². The SMILES string of the molecule is CCCN(CCC)C(=O)c1cc(C)cc(C(=O)O[C@H](CNCc2ccccc2)[C@@H](N)Cc2cc(F)cc(C(F)(F)F)c2)c1. The van der Waals surface area contributed by atoms with Crippen molar-refractivity contribution in [1.29, 1.82) is 0 Å². The molecule has 2 atom stereocenters. The number of ether oxygens (including phenoxy) is 1. The number of hydrogen-bond donors (Lipinski definition) is 2. The first-order chi connectivity index (χ1) is 20.4. The normalized spacial score (nSPS) is 12.9. The van der Waals surface area contributed by atoms with Crippen LogP contribution in [0.5, 0.6) is 0 Å². The molecule has 0 saturated carbocycles. The number of halogens is 4. The van der Waals surface area contributed by atoms with Crippen LogP contribution in [0.4, 0.5) is 17.6 Å². The Balaban J connectivity index is 1.84. The van der Waals surface area contributed by atoms with E-state index in [0.29, 0.717) is 36.8 Å². The van der Waals surface area contributed by atoms with Gasteiger partial charge in [0.2, 0.25) is 0 Å². The van der Waals surface area contributed by atoms with E-state index in [9.17, 15) is 27.2 Å². The third-order valence-electron chi connectivity index (χ3n) is 6.84. The van der Waals surface area contributed by atoms with E-state index in [2.05, 4.69) is 5.32 Å². The highest BCUT2D eigenvalue weighted by molar-refractivity contribution is 5.98. The lowest BCUT2D eigenvalue weighted by Gasteiger charge is -2.25. The van der Waals surface area contributed by atoms with Gasteiger partial charge in [0.1, 0.15) is 11.9 Å². The summed E-state index contributed by atoms with van der Waals surface area (Å²) in [4.78, 5) is 28.4. The Labute approximate surface area is 250 Å². The summed E-state index contributed by atoms with van der Waals surface area (Å²) in [6.07, 6.45) is -4.30. The number of hydrogen-bond acceptors (Lipinski definition) is 5. The zero-order valence-corrected chi connectivity index (χ0v) is 24.7. The summed E-state index contributed by atoms with van der Waals surface area (Å²) in [5.41, 5.74) is 7.47. The van der Waals surface area contributed by atoms with Crippen LogP contribution < -0.4 is 11.1 Å². The Hall–Kier alpha value is -3.76. The fraction of sp³-hybridized carbons (Fsp3) is 0.394. The molecule has 10 heteroatoms. The summed E-state index contributed by atoms with van der Waals surface area (Å²) < 4.78 is 59.7. The van der Waals surface area contributed by atoms with Crippen LogP contribution >= 0.6 is 0 Å². The van der Waals surface area contributed by atoms with Crippen molar-refractivity contribution in [2.24, 2.45) is 5.73 Å². The highest BCUT2D eigenvalue weighted by Crippen LogP contribution is 2.31. The largest absolute Gasteiger partial charge is 0.456 e. The summed E-state index contributed by atoms with van der Waals surface area (Å²) in [6, 6.07) is 15.5. The van der Waals surface area contributed by atoms with E-state index >= 15 is 0 Å². The fourth-order valence-electron chi connectivity index (χ4n) is 4.84. The molecule has 0 fully saturated rings. The minimum atomic E-state index is -4.73. The number of benzene rings is 3. The number of carbonyl (C=O) groups excluding carboxylic acids is 2. The molecule has 3 aromatic rings. The number of amides is 1. The molecule has 0 aliphatic heterocycles. The lowest BCUT2D eigenvalue weighted by Crippen LogP contribution is -2.46. The van der Waals surface area contributed by atoms with Crippen LogP contribution in [0.15, 0.2) is 66.7 Å². The van der Waals surface area contributed by atoms with Gasteiger partial charge in [0.15, 0.2) is 0 Å². The van der Waals surface area contributed by atoms with Crippen molar-refractivity contribution in [3.63, 3.8) is 0 Å². The summed E-state index contributed by atoms with van der Waals surface area (Å²) in [5.74, 6) is -1.96. The average molecular weight is 602 g/mol. The minimum Gasteiger partial charge on any atom is -0.456 e. The number of nitrogens with two attached hydrogens (primary N) is 1. The zero-order chi connectivity index (χ0) is 31.6. The molecule has 0 aromatic heterocycles. The van der Waals surface area contributed by atoms with Crippen molar-refractivity contribution in [3.05, 3.63) is 106 Å². The lowest BCUT2D eigenvalue weighted by molar-refractivity contribution is -0.137. The third-order valence-corrected chi connectivity index (χ3v) is 6.84. The maximum Gasteiger partial charge on any atom is 0.416 e. The number of esters is 1. The van der Waals surface area contributed by atoms with Gasteiger partial charge in [-0.1, -0.05) is 44.2 Å². The van der Waals surface area contributed by atoms with Gasteiger partial charge in [-0.2, -0.15) is 13.2 Å². The van der Waals surface area contributed by atoms with E-state index in [1.165, 1.54) is 6.07 Å². The molecular weight excluding hydrogens is 562 g/mol. The Bertz CT molecular complexity index is 1360. The fourth-order valence-corrected chi connectivity index (χ4v) is 4.84. The molecule has 1 amide bonds. The van der Waals surface area contributed by atoms with Crippen LogP contribution in [0.3, 0.4) is 0 Å². The maximum absolute atomic E-state index is 14.1. The number of carbonyl (C=O) groups is 2. The molecule has 232 valence electrons. The van der Waals surface area contributed by atoms with E-state index in [0.717, 1.165) is 30.5 Å². The number of aryl methyl sites for hydroxylation is 1. The first-order valence-electron chi connectivity index (χ1n) is 14.4. The van der Waals surface area contributed by atoms with Crippen LogP contribution in [0.2, 0.25) is 0 Å². The lowest BCUT2D eigenvalue weighted by atomic mass is 9.99. The van der Waals surface area contributed by atoms with Gasteiger partial charge in [0, 0.05) is 37.8 Å². The van der Waals surface area contributed by atoms with E-state index in [1.54, 1.807) is 24.0 Å². The summed E-state index contributed by atoms with van der Waals surface area (Å²) >= 11 is 0. The molecule has 3 aromatic carbocycles. The maximum atomic E-state index is 14.1. The van der Waals surface area contributed by atoms with Gasteiger partial charge in [-0.05, 0) is 79.3 Å². The van der Waals surface area contributed by atoms with Crippen LogP contribution in [-0.2, 0) is 23.9 Å². The van der Waals surface area contributed by atoms with Gasteiger partial charge in [-0.25, -0.2) is 9.18 Å². The van der Waals surface area contributed by atoms with E-state index in [1.807, 2.05) is 44.2 Å². The number of nitrogens with zero attached hydrogens (tertiary/aromatic N) is 1. The van der Waals surface area contributed by atoms with Crippen molar-refractivity contribution in [1.82, 2.24) is 10.2 Å². The number of nitrogens with one attached hydrogen (secondary N) is 1. The summed E-state index contributed by atoms with van der Waals surface area (Å²) in [5, 5.41) is 3.18. The van der Waals surface area contributed by atoms with Crippen LogP contribution in [0, 0.1) is 12.7 Å². The molecule has 0 aliphatic rings. The molecule has 0 spiro atoms. The zero-order valence-electron chi connectivity index (χ0n) is 24.7. The van der Waals surface area contributed by atoms with Crippen molar-refractivity contribution >= 4 is 11.9 Å². The van der Waals surface area contributed by atoms with Gasteiger partial charge >= 0.3 is 12.1 Å². The molecule has 43 heavy (non-hydrogen) atoms. The van der Waals surface area contributed by atoms with Crippen LogP contribution in [-0.4, -0.2) is 48.6 Å². The summed E-state index contributed by atoms with van der Waals surface area (Å²) in [6.45, 7) is 7.41. The molecule has 0 bridgehead atoms. The van der Waals surface area contributed by atoms with Gasteiger partial charge in [0.05, 0.1) is 11.1 Å². The van der Waals surface area contributed by atoms with Crippen LogP contribution in [0.25, 0.3) is 0 Å². The van der Waals surface area contributed by atoms with E-state index in [-0.39, 0.29) is 30.0 Å². The average Bonchev–Trinajstić information content (AvgIpc) is 2.95. The van der Waals surface area contributed by atoms with Gasteiger partial charge in [0.25, 0.3) is 5.91 Å². The highest BCUT2D eigenvalue weighted by atomic mass is 19.4. The molecule has 0 aliphatic carbocycles. The molecular formula is C33H39F4N3O3. The highest BCUT2D eigenvalue weighted by Gasteiger charge is 2.32. The Morgan fingerprint density at radius 2 is 1.58 bits per heavy atom. The number of alkyl halides is 3. The smallest absolute Gasteiger partial charge is 0.416 e. The third kappa shape index (κ3) is 10.2. The standard InChI is InChI=1S/C33H39F4N3O3/c1-4-11-40(12-5-2)31(41)25-13-22(3)14-26(18-25)32(42)43-30(21-39-20-23-9-7-6-8-10-23)29(38)17-24-15-27(33(35,36)37)19-28(34)16-24/h6-10,13-16,18-19,29-30,39H,4-5,11-12,17,20-21,38H2,1-3H3/t29-,30+/m0/s1. The van der Waals surface area contributed by atoms with E-state index < -0.39 is 35.7 Å². The van der Waals surface area contributed by atoms with E-state index in [4.69, 9.17) is 10.5 Å². The van der Waals surface area contributed by atoms with Gasteiger partial charge in [-0.15, -0.1) is 0 Å². The molecule has 0 radical (unpaired) electrons. The second-order valence-electron chi connectivity index (χ2n) is 10.7. The summed E-state index contributed by atoms with van der Waals surface area (Å²) in [7, 11) is 0. The molecule has 3 N–H and O–H groups in total. The predicted molar refractivity (Wildman–Crippen MR) is 158 cm³/mol. The Morgan fingerprint density at radius 1 is 0.930 bits per heavy atom. The van der Waals surface area contributed by atoms with Crippen LogP contribution in [0.1, 0.15) is 69.7 Å². The van der Waals surface area contributed by atoms with Crippen molar-refractivity contribution in [2.45, 2.75) is 64.9 Å². The Kier molecular flexibility index (Phi) is 12.3. The minimum absolute atomic E-state index is 0.0271. The topological polar surface area (TPSA) is 84.7 Å². The second-order valence-corrected chi connectivity index (χ2v) is 10.7. The van der Waals surface area contributed by atoms with Crippen molar-refractivity contribution < 1.29 is 31.9 Å². The molecule has 0 unspecified atom stereocenters. The molecule has 3 rings (SSSR count). The van der Waals surface area contributed by atoms with Gasteiger partial charge in [-0.3, -0.25) is 4.79 Å². The monoisotopic (exact) mass is 601 g/mol. The van der Waals surface area contributed by atoms with Crippen molar-refractivity contribution in [3.8, 4) is 0 Å². The first-order valence-corrected chi connectivity index (χ1v) is 14.4. The Morgan fingerprint density at radius 3 is 2.21 bits per heavy atom. The molecule has 0 heterocycles. The quantitative estimate of drug-likeness (QED) is 0.167. The van der Waals surface area contributed by atoms with Crippen molar-refractivity contribution in [2.75, 3.05) is 19.6 Å². The second kappa shape index (κ2) is 15.6. The first kappa shape index (κ1) is 33.7. The predicted octanol–water partition coefficient (Wildman–Crippen LogP) is 6.30.